The molecule has 0 saturated carbocycles. The maximum atomic E-state index is 13.5. The number of carboxylic acids is 1. The maximum absolute atomic E-state index is 13.5. The number of hydrogen-bond donors (Lipinski definition) is 1. The Morgan fingerprint density at radius 3 is 2.55 bits per heavy atom. The Kier molecular flexibility index (Phi) is 3.99. The van der Waals surface area contributed by atoms with Crippen molar-refractivity contribution in [3.63, 3.8) is 0 Å². The minimum Gasteiger partial charge on any atom is -0.477 e. The van der Waals surface area contributed by atoms with Crippen LogP contribution in [0.1, 0.15) is 35.9 Å². The van der Waals surface area contributed by atoms with E-state index in [4.69, 9.17) is 0 Å². The molecule has 2 aromatic rings. The fourth-order valence-corrected chi connectivity index (χ4v) is 2.66. The van der Waals surface area contributed by atoms with E-state index in [-0.39, 0.29) is 17.6 Å². The Labute approximate surface area is 125 Å². The normalized spacial score (nSPS) is 11.1. The molecule has 3 nitrogen and oxygen atoms in total. The molecule has 1 aromatic heterocycles. The molecular formula is C15H15BrFNO2. The summed E-state index contributed by atoms with van der Waals surface area (Å²) >= 11 is 3.17. The Morgan fingerprint density at radius 1 is 1.35 bits per heavy atom. The minimum absolute atomic E-state index is 0.00525. The third-order valence-corrected chi connectivity index (χ3v) is 3.80. The monoisotopic (exact) mass is 339 g/mol. The van der Waals surface area contributed by atoms with Crippen molar-refractivity contribution in [2.24, 2.45) is 0 Å². The maximum Gasteiger partial charge on any atom is 0.352 e. The van der Waals surface area contributed by atoms with Crippen molar-refractivity contribution < 1.29 is 14.3 Å². The zero-order chi connectivity index (χ0) is 15.0. The van der Waals surface area contributed by atoms with Crippen molar-refractivity contribution in [3.8, 4) is 11.3 Å². The highest BCUT2D eigenvalue weighted by Crippen LogP contribution is 2.32. The van der Waals surface area contributed by atoms with E-state index in [1.165, 1.54) is 6.07 Å². The van der Waals surface area contributed by atoms with Crippen LogP contribution in [0, 0.1) is 12.7 Å². The molecule has 0 aliphatic rings. The van der Waals surface area contributed by atoms with E-state index in [1.54, 1.807) is 22.8 Å². The summed E-state index contributed by atoms with van der Waals surface area (Å²) in [6.45, 7) is 5.65. The molecule has 0 aliphatic heterocycles. The van der Waals surface area contributed by atoms with Gasteiger partial charge in [0.1, 0.15) is 11.5 Å². The number of benzene rings is 1. The Balaban J connectivity index is 2.70. The molecular weight excluding hydrogens is 325 g/mol. The summed E-state index contributed by atoms with van der Waals surface area (Å²) in [5.74, 6) is -1.30. The summed E-state index contributed by atoms with van der Waals surface area (Å²) in [4.78, 5) is 11.3. The van der Waals surface area contributed by atoms with E-state index in [9.17, 15) is 14.3 Å². The van der Waals surface area contributed by atoms with Gasteiger partial charge in [-0.15, -0.1) is 0 Å². The van der Waals surface area contributed by atoms with Gasteiger partial charge >= 0.3 is 5.97 Å². The molecule has 0 unspecified atom stereocenters. The number of carbonyl (C=O) groups is 1. The van der Waals surface area contributed by atoms with Crippen molar-refractivity contribution in [1.29, 1.82) is 0 Å². The highest BCUT2D eigenvalue weighted by Gasteiger charge is 2.19. The zero-order valence-electron chi connectivity index (χ0n) is 11.4. The van der Waals surface area contributed by atoms with Crippen LogP contribution >= 0.6 is 15.9 Å². The van der Waals surface area contributed by atoms with Gasteiger partial charge in [0.25, 0.3) is 0 Å². The third-order valence-electron chi connectivity index (χ3n) is 3.20. The second kappa shape index (κ2) is 5.40. The minimum atomic E-state index is -0.969. The molecule has 0 fully saturated rings. The van der Waals surface area contributed by atoms with Crippen LogP contribution < -0.4 is 0 Å². The standard InChI is InChI=1S/C15H15BrFNO2/c1-8(2)18-13(4-5-14(18)15(19)20)10-7-11(16)12(17)6-9(10)3/h4-8H,1-3H3,(H,19,20). The number of hydrogen-bond acceptors (Lipinski definition) is 1. The summed E-state index contributed by atoms with van der Waals surface area (Å²) in [6, 6.07) is 6.46. The zero-order valence-corrected chi connectivity index (χ0v) is 13.0. The molecule has 1 aromatic carbocycles. The summed E-state index contributed by atoms with van der Waals surface area (Å²) < 4.78 is 15.6. The van der Waals surface area contributed by atoms with Crippen LogP contribution in [0.5, 0.6) is 0 Å². The molecule has 0 radical (unpaired) electrons. The second-order valence-corrected chi connectivity index (χ2v) is 5.81. The van der Waals surface area contributed by atoms with Crippen LogP contribution in [0.15, 0.2) is 28.7 Å². The van der Waals surface area contributed by atoms with Crippen LogP contribution in [0.3, 0.4) is 0 Å². The van der Waals surface area contributed by atoms with Crippen LogP contribution in [0.25, 0.3) is 11.3 Å². The van der Waals surface area contributed by atoms with Gasteiger partial charge in [0.05, 0.1) is 4.47 Å². The molecule has 20 heavy (non-hydrogen) atoms. The molecule has 5 heteroatoms. The Morgan fingerprint density at radius 2 is 2.00 bits per heavy atom. The highest BCUT2D eigenvalue weighted by molar-refractivity contribution is 9.10. The summed E-state index contributed by atoms with van der Waals surface area (Å²) in [6.07, 6.45) is 0. The molecule has 0 amide bonds. The molecule has 1 N–H and O–H groups in total. The summed E-state index contributed by atoms with van der Waals surface area (Å²) in [7, 11) is 0. The van der Waals surface area contributed by atoms with E-state index >= 15 is 0 Å². The van der Waals surface area contributed by atoms with Gasteiger partial charge in [-0.1, -0.05) is 0 Å². The number of aromatic nitrogens is 1. The average molecular weight is 340 g/mol. The first-order chi connectivity index (χ1) is 9.32. The van der Waals surface area contributed by atoms with Crippen LogP contribution in [0.2, 0.25) is 0 Å². The first-order valence-corrected chi connectivity index (χ1v) is 7.02. The third kappa shape index (κ3) is 2.50. The predicted molar refractivity (Wildman–Crippen MR) is 79.6 cm³/mol. The van der Waals surface area contributed by atoms with Crippen LogP contribution in [0.4, 0.5) is 4.39 Å². The quantitative estimate of drug-likeness (QED) is 0.884. The van der Waals surface area contributed by atoms with E-state index in [2.05, 4.69) is 15.9 Å². The van der Waals surface area contributed by atoms with Gasteiger partial charge in [0.2, 0.25) is 0 Å². The number of aromatic carboxylic acids is 1. The van der Waals surface area contributed by atoms with Crippen molar-refractivity contribution in [3.05, 3.63) is 45.8 Å². The molecule has 0 spiro atoms. The fourth-order valence-electron chi connectivity index (χ4n) is 2.32. The molecule has 0 aliphatic carbocycles. The molecule has 0 atom stereocenters. The first kappa shape index (κ1) is 14.8. The first-order valence-electron chi connectivity index (χ1n) is 6.23. The van der Waals surface area contributed by atoms with E-state index < -0.39 is 5.97 Å². The number of aryl methyl sites for hydroxylation is 1. The van der Waals surface area contributed by atoms with Crippen molar-refractivity contribution in [2.45, 2.75) is 26.8 Å². The molecule has 2 rings (SSSR count). The van der Waals surface area contributed by atoms with E-state index in [0.29, 0.717) is 4.47 Å². The van der Waals surface area contributed by atoms with Gasteiger partial charge in [0, 0.05) is 17.3 Å². The van der Waals surface area contributed by atoms with Gasteiger partial charge in [-0.3, -0.25) is 0 Å². The highest BCUT2D eigenvalue weighted by atomic mass is 79.9. The van der Waals surface area contributed by atoms with Crippen molar-refractivity contribution >= 4 is 21.9 Å². The molecule has 0 saturated heterocycles. The Bertz CT molecular complexity index is 677. The second-order valence-electron chi connectivity index (χ2n) is 4.95. The molecule has 0 bridgehead atoms. The predicted octanol–water partition coefficient (Wildman–Crippen LogP) is 4.64. The lowest BCUT2D eigenvalue weighted by Gasteiger charge is -2.17. The van der Waals surface area contributed by atoms with Gasteiger partial charge in [-0.2, -0.15) is 0 Å². The molecule has 1 heterocycles. The smallest absolute Gasteiger partial charge is 0.352 e. The van der Waals surface area contributed by atoms with Gasteiger partial charge in [-0.05, 0) is 66.5 Å². The number of carboxylic acid groups (broad SMARTS) is 1. The largest absolute Gasteiger partial charge is 0.477 e. The number of rotatable bonds is 3. The summed E-state index contributed by atoms with van der Waals surface area (Å²) in [5.41, 5.74) is 2.59. The lowest BCUT2D eigenvalue weighted by Crippen LogP contribution is -2.12. The van der Waals surface area contributed by atoms with Crippen LogP contribution in [-0.2, 0) is 0 Å². The topological polar surface area (TPSA) is 42.2 Å². The fraction of sp³-hybridized carbons (Fsp3) is 0.267. The van der Waals surface area contributed by atoms with Gasteiger partial charge in [-0.25, -0.2) is 9.18 Å². The lowest BCUT2D eigenvalue weighted by atomic mass is 10.1. The SMILES string of the molecule is Cc1cc(F)c(Br)cc1-c1ccc(C(=O)O)n1C(C)C. The van der Waals surface area contributed by atoms with Crippen molar-refractivity contribution in [1.82, 2.24) is 4.57 Å². The molecule has 106 valence electrons. The number of halogens is 2. The number of nitrogens with zero attached hydrogens (tertiary/aromatic N) is 1. The van der Waals surface area contributed by atoms with Crippen molar-refractivity contribution in [2.75, 3.05) is 0 Å². The average Bonchev–Trinajstić information content (AvgIpc) is 2.78. The lowest BCUT2D eigenvalue weighted by molar-refractivity contribution is 0.0683. The van der Waals surface area contributed by atoms with E-state index in [0.717, 1.165) is 16.8 Å². The van der Waals surface area contributed by atoms with Crippen LogP contribution in [-0.4, -0.2) is 15.6 Å². The van der Waals surface area contributed by atoms with Gasteiger partial charge in [0.15, 0.2) is 0 Å². The van der Waals surface area contributed by atoms with Gasteiger partial charge < -0.3 is 9.67 Å². The Hall–Kier alpha value is -1.62. The van der Waals surface area contributed by atoms with E-state index in [1.807, 2.05) is 20.8 Å². The summed E-state index contributed by atoms with van der Waals surface area (Å²) in [5, 5.41) is 9.25.